The Morgan fingerprint density at radius 1 is 1.15 bits per heavy atom. The van der Waals surface area contributed by atoms with E-state index in [1.54, 1.807) is 10.9 Å². The van der Waals surface area contributed by atoms with E-state index in [2.05, 4.69) is 21.2 Å². The molecule has 2 aromatic rings. The maximum atomic E-state index is 13.5. The van der Waals surface area contributed by atoms with E-state index in [1.165, 1.54) is 21.6 Å². The van der Waals surface area contributed by atoms with Crippen LogP contribution in [0.2, 0.25) is 0 Å². The van der Waals surface area contributed by atoms with Crippen molar-refractivity contribution in [1.82, 2.24) is 14.5 Å². The van der Waals surface area contributed by atoms with Crippen molar-refractivity contribution in [3.8, 4) is 0 Å². The van der Waals surface area contributed by atoms with Crippen LogP contribution >= 0.6 is 0 Å². The summed E-state index contributed by atoms with van der Waals surface area (Å²) >= 11 is 0. The van der Waals surface area contributed by atoms with Crippen LogP contribution in [0, 0.1) is 0 Å². The van der Waals surface area contributed by atoms with Crippen LogP contribution in [0.5, 0.6) is 0 Å². The summed E-state index contributed by atoms with van der Waals surface area (Å²) in [5.41, 5.74) is 6.16. The van der Waals surface area contributed by atoms with E-state index < -0.39 is 16.2 Å². The summed E-state index contributed by atoms with van der Waals surface area (Å²) in [6.45, 7) is 3.52. The molecule has 1 aliphatic heterocycles. The Morgan fingerprint density at radius 3 is 2.38 bits per heavy atom. The van der Waals surface area contributed by atoms with E-state index in [4.69, 9.17) is 4.74 Å². The summed E-state index contributed by atoms with van der Waals surface area (Å²) in [6, 6.07) is 1.26. The third-order valence-corrected chi connectivity index (χ3v) is 8.38. The van der Waals surface area contributed by atoms with Crippen LogP contribution in [-0.2, 0) is 47.2 Å². The first kappa shape index (κ1) is 25.5. The number of carbonyl (C=O) groups is 1. The molecule has 180 valence electrons. The molecule has 34 heavy (non-hydrogen) atoms. The average Bonchev–Trinajstić information content (AvgIpc) is 3.54. The van der Waals surface area contributed by atoms with Gasteiger partial charge in [-0.1, -0.05) is 6.07 Å². The van der Waals surface area contributed by atoms with Crippen LogP contribution < -0.4 is 14.3 Å². The standard InChI is InChI=1S/C23H31N5O4S.Na.H/c1-2-27-15-19(14-24-27)28(18-9-11-32-12-10-18)33(30,31)26-23(29)25-22-20-7-3-5-16(20)13-17-6-4-8-21(17)22;;/h13-15,18H,2-12H2,1H3,(H2,25,26,29);;. The fraction of sp³-hybridized carbons (Fsp3) is 0.565. The van der Waals surface area contributed by atoms with Crippen LogP contribution in [0.4, 0.5) is 16.2 Å². The molecular weight excluding hydrogens is 465 g/mol. The molecule has 0 bridgehead atoms. The average molecular weight is 498 g/mol. The van der Waals surface area contributed by atoms with Crippen LogP contribution in [0.1, 0.15) is 54.9 Å². The number of nitrogens with zero attached hydrogens (tertiary/aromatic N) is 3. The minimum absolute atomic E-state index is 0. The van der Waals surface area contributed by atoms with Gasteiger partial charge < -0.3 is 10.1 Å². The number of fused-ring (bicyclic) bond motifs is 2. The number of amides is 2. The quantitative estimate of drug-likeness (QED) is 0.596. The fourth-order valence-electron chi connectivity index (χ4n) is 5.38. The van der Waals surface area contributed by atoms with Gasteiger partial charge in [0.2, 0.25) is 0 Å². The molecule has 2 aliphatic carbocycles. The van der Waals surface area contributed by atoms with Crippen molar-refractivity contribution in [3.05, 3.63) is 40.7 Å². The molecule has 1 saturated heterocycles. The van der Waals surface area contributed by atoms with Crippen LogP contribution in [0.25, 0.3) is 0 Å². The zero-order valence-electron chi connectivity index (χ0n) is 19.0. The van der Waals surface area contributed by atoms with E-state index in [-0.39, 0.29) is 35.6 Å². The molecule has 0 atom stereocenters. The van der Waals surface area contributed by atoms with Gasteiger partial charge in [-0.05, 0) is 80.5 Å². The summed E-state index contributed by atoms with van der Waals surface area (Å²) in [5.74, 6) is 0. The first-order valence-corrected chi connectivity index (χ1v) is 13.3. The van der Waals surface area contributed by atoms with Gasteiger partial charge >= 0.3 is 45.8 Å². The number of hydrogen-bond donors (Lipinski definition) is 2. The molecule has 11 heteroatoms. The van der Waals surface area contributed by atoms with Crippen molar-refractivity contribution in [2.24, 2.45) is 0 Å². The first-order valence-electron chi connectivity index (χ1n) is 11.9. The zero-order valence-corrected chi connectivity index (χ0v) is 19.8. The summed E-state index contributed by atoms with van der Waals surface area (Å²) < 4.78 is 37.6. The number of aryl methyl sites for hydroxylation is 3. The molecule has 2 heterocycles. The molecule has 5 rings (SSSR count). The van der Waals surface area contributed by atoms with Crippen molar-refractivity contribution < 1.29 is 17.9 Å². The number of carbonyl (C=O) groups excluding carboxylic acids is 1. The van der Waals surface area contributed by atoms with E-state index in [0.717, 1.165) is 55.3 Å². The Kier molecular flexibility index (Phi) is 7.93. The van der Waals surface area contributed by atoms with Crippen molar-refractivity contribution in [1.29, 1.82) is 0 Å². The van der Waals surface area contributed by atoms with Crippen LogP contribution in [-0.4, -0.2) is 73.0 Å². The monoisotopic (exact) mass is 497 g/mol. The molecule has 0 radical (unpaired) electrons. The predicted molar refractivity (Wildman–Crippen MR) is 133 cm³/mol. The molecule has 2 amide bonds. The molecule has 2 N–H and O–H groups in total. The molecule has 0 saturated carbocycles. The second kappa shape index (κ2) is 10.6. The summed E-state index contributed by atoms with van der Waals surface area (Å²) in [4.78, 5) is 13.0. The Labute approximate surface area is 223 Å². The first-order chi connectivity index (χ1) is 16.0. The van der Waals surface area contributed by atoms with E-state index in [1.807, 2.05) is 6.92 Å². The van der Waals surface area contributed by atoms with Crippen molar-refractivity contribution in [2.75, 3.05) is 22.8 Å². The minimum atomic E-state index is -4.16. The van der Waals surface area contributed by atoms with Gasteiger partial charge in [0, 0.05) is 31.6 Å². The van der Waals surface area contributed by atoms with Crippen molar-refractivity contribution in [3.63, 3.8) is 0 Å². The molecule has 1 aromatic heterocycles. The summed E-state index contributed by atoms with van der Waals surface area (Å²) in [7, 11) is -4.16. The number of hydrogen-bond acceptors (Lipinski definition) is 5. The van der Waals surface area contributed by atoms with Gasteiger partial charge in [-0.2, -0.15) is 13.5 Å². The topological polar surface area (TPSA) is 106 Å². The predicted octanol–water partition coefficient (Wildman–Crippen LogP) is 2.28. The molecule has 0 unspecified atom stereocenters. The van der Waals surface area contributed by atoms with Crippen LogP contribution in [0.3, 0.4) is 0 Å². The van der Waals surface area contributed by atoms with Gasteiger partial charge in [-0.15, -0.1) is 0 Å². The number of ether oxygens (including phenoxy) is 1. The number of benzene rings is 1. The second-order valence-corrected chi connectivity index (χ2v) is 10.5. The van der Waals surface area contributed by atoms with Gasteiger partial charge in [-0.25, -0.2) is 13.8 Å². The molecule has 0 spiro atoms. The van der Waals surface area contributed by atoms with Crippen LogP contribution in [0.15, 0.2) is 18.5 Å². The fourth-order valence-corrected chi connectivity index (χ4v) is 6.74. The Hall–Kier alpha value is -1.59. The van der Waals surface area contributed by atoms with Crippen molar-refractivity contribution >= 4 is 57.2 Å². The molecule has 3 aliphatic rings. The van der Waals surface area contributed by atoms with Gasteiger partial charge in [-0.3, -0.25) is 4.68 Å². The van der Waals surface area contributed by atoms with E-state index in [0.29, 0.717) is 38.3 Å². The van der Waals surface area contributed by atoms with Gasteiger partial charge in [0.25, 0.3) is 0 Å². The maximum absolute atomic E-state index is 13.5. The molecule has 1 fully saturated rings. The zero-order chi connectivity index (χ0) is 23.0. The molecular formula is C23H32N5NaO4S. The number of anilines is 2. The van der Waals surface area contributed by atoms with Gasteiger partial charge in [0.05, 0.1) is 17.9 Å². The number of urea groups is 1. The molecule has 9 nitrogen and oxygen atoms in total. The number of rotatable bonds is 6. The third kappa shape index (κ3) is 5.02. The second-order valence-electron chi connectivity index (χ2n) is 8.99. The summed E-state index contributed by atoms with van der Waals surface area (Å²) in [5, 5.41) is 7.16. The third-order valence-electron chi connectivity index (χ3n) is 6.91. The number of aromatic nitrogens is 2. The van der Waals surface area contributed by atoms with Gasteiger partial charge in [0.1, 0.15) is 0 Å². The van der Waals surface area contributed by atoms with Gasteiger partial charge in [0.15, 0.2) is 0 Å². The SMILES string of the molecule is CCn1cc(N(C2CCOCC2)S(=O)(=O)NC(=O)Nc2c3c(cc4c2CCC4)CCC3)cn1.[NaH]. The number of nitrogens with one attached hydrogen (secondary N) is 2. The Bertz CT molecular complexity index is 1130. The van der Waals surface area contributed by atoms with E-state index in [9.17, 15) is 13.2 Å². The van der Waals surface area contributed by atoms with Crippen molar-refractivity contribution in [2.45, 2.75) is 70.9 Å². The Balaban J connectivity index is 0.00000274. The molecule has 1 aromatic carbocycles. The Morgan fingerprint density at radius 2 is 1.79 bits per heavy atom. The normalized spacial score (nSPS) is 17.6. The summed E-state index contributed by atoms with van der Waals surface area (Å²) in [6.07, 6.45) is 10.3. The van der Waals surface area contributed by atoms with E-state index >= 15 is 0 Å².